The van der Waals surface area contributed by atoms with Crippen LogP contribution < -0.4 is 11.1 Å². The van der Waals surface area contributed by atoms with Crippen LogP contribution in [-0.2, 0) is 16.0 Å². The lowest BCUT2D eigenvalue weighted by Gasteiger charge is -2.11. The summed E-state index contributed by atoms with van der Waals surface area (Å²) in [6.07, 6.45) is 0.413. The molecule has 0 aliphatic carbocycles. The Kier molecular flexibility index (Phi) is 8.92. The van der Waals surface area contributed by atoms with Crippen molar-refractivity contribution in [1.82, 2.24) is 5.32 Å². The molecule has 0 bridgehead atoms. The summed E-state index contributed by atoms with van der Waals surface area (Å²) >= 11 is 3.27. The minimum Gasteiger partial charge on any atom is -0.383 e. The molecule has 1 atom stereocenters. The van der Waals surface area contributed by atoms with Crippen molar-refractivity contribution in [2.45, 2.75) is 12.5 Å². The van der Waals surface area contributed by atoms with E-state index in [0.29, 0.717) is 18.5 Å². The summed E-state index contributed by atoms with van der Waals surface area (Å²) in [5.41, 5.74) is 6.09. The van der Waals surface area contributed by atoms with Crippen molar-refractivity contribution < 1.29 is 13.9 Å². The monoisotopic (exact) mass is 354 g/mol. The average Bonchev–Trinajstić information content (AvgIpc) is 2.33. The molecule has 0 radical (unpaired) electrons. The van der Waals surface area contributed by atoms with E-state index in [4.69, 9.17) is 10.5 Å². The van der Waals surface area contributed by atoms with Crippen molar-refractivity contribution in [3.63, 3.8) is 0 Å². The maximum atomic E-state index is 13.4. The third-order valence-electron chi connectivity index (χ3n) is 2.38. The first-order valence-electron chi connectivity index (χ1n) is 5.50. The van der Waals surface area contributed by atoms with Gasteiger partial charge < -0.3 is 15.8 Å². The van der Waals surface area contributed by atoms with Gasteiger partial charge in [0.2, 0.25) is 5.91 Å². The number of hydrogen-bond donors (Lipinski definition) is 2. The second kappa shape index (κ2) is 9.25. The zero-order valence-electron chi connectivity index (χ0n) is 10.5. The normalized spacial score (nSPS) is 11.6. The van der Waals surface area contributed by atoms with Crippen LogP contribution in [-0.4, -0.2) is 32.2 Å². The van der Waals surface area contributed by atoms with E-state index in [1.54, 1.807) is 12.1 Å². The minimum absolute atomic E-state index is 0. The summed E-state index contributed by atoms with van der Waals surface area (Å²) in [5, 5.41) is 2.64. The molecule has 108 valence electrons. The highest BCUT2D eigenvalue weighted by Crippen LogP contribution is 2.15. The zero-order valence-corrected chi connectivity index (χ0v) is 12.9. The molecule has 0 aliphatic heterocycles. The van der Waals surface area contributed by atoms with Gasteiger partial charge in [0.15, 0.2) is 0 Å². The van der Waals surface area contributed by atoms with Crippen molar-refractivity contribution in [2.24, 2.45) is 5.73 Å². The average molecular weight is 356 g/mol. The van der Waals surface area contributed by atoms with Gasteiger partial charge in [-0.15, -0.1) is 12.4 Å². The standard InChI is InChI=1S/C12H16BrFN2O2.ClH/c1-18-7-11(15)12(17)16-5-4-8-6-9(13)2-3-10(8)14;/h2-3,6,11H,4-5,7,15H2,1H3,(H,16,17);1H. The number of halogens is 3. The smallest absolute Gasteiger partial charge is 0.239 e. The largest absolute Gasteiger partial charge is 0.383 e. The highest BCUT2D eigenvalue weighted by atomic mass is 79.9. The highest BCUT2D eigenvalue weighted by Gasteiger charge is 2.12. The second-order valence-corrected chi connectivity index (χ2v) is 4.75. The molecule has 0 saturated heterocycles. The Balaban J connectivity index is 0.00000324. The fraction of sp³-hybridized carbons (Fsp3) is 0.417. The number of amides is 1. The fourth-order valence-electron chi connectivity index (χ4n) is 1.44. The number of nitrogens with two attached hydrogens (primary N) is 1. The van der Waals surface area contributed by atoms with Crippen LogP contribution >= 0.6 is 28.3 Å². The third-order valence-corrected chi connectivity index (χ3v) is 2.88. The predicted molar refractivity (Wildman–Crippen MR) is 77.9 cm³/mol. The summed E-state index contributed by atoms with van der Waals surface area (Å²) < 4.78 is 19.0. The number of ether oxygens (including phenoxy) is 1. The van der Waals surface area contributed by atoms with Crippen LogP contribution in [0.3, 0.4) is 0 Å². The van der Waals surface area contributed by atoms with Crippen LogP contribution in [0.1, 0.15) is 5.56 Å². The first-order chi connectivity index (χ1) is 8.54. The quantitative estimate of drug-likeness (QED) is 0.815. The molecule has 7 heteroatoms. The van der Waals surface area contributed by atoms with Crippen LogP contribution in [0.15, 0.2) is 22.7 Å². The van der Waals surface area contributed by atoms with E-state index < -0.39 is 6.04 Å². The third kappa shape index (κ3) is 6.33. The molecule has 0 saturated carbocycles. The van der Waals surface area contributed by atoms with Gasteiger partial charge >= 0.3 is 0 Å². The Morgan fingerprint density at radius 1 is 1.58 bits per heavy atom. The van der Waals surface area contributed by atoms with Gasteiger partial charge in [-0.25, -0.2) is 4.39 Å². The number of benzene rings is 1. The van der Waals surface area contributed by atoms with E-state index in [1.807, 2.05) is 0 Å². The fourth-order valence-corrected chi connectivity index (χ4v) is 1.85. The van der Waals surface area contributed by atoms with Gasteiger partial charge in [-0.3, -0.25) is 4.79 Å². The van der Waals surface area contributed by atoms with E-state index in [0.717, 1.165) is 4.47 Å². The van der Waals surface area contributed by atoms with Crippen molar-refractivity contribution in [1.29, 1.82) is 0 Å². The number of nitrogens with one attached hydrogen (secondary N) is 1. The zero-order chi connectivity index (χ0) is 13.5. The van der Waals surface area contributed by atoms with Gasteiger partial charge in [-0.05, 0) is 30.2 Å². The summed E-state index contributed by atoms with van der Waals surface area (Å²) in [7, 11) is 1.48. The molecule has 0 aromatic heterocycles. The highest BCUT2D eigenvalue weighted by molar-refractivity contribution is 9.10. The first-order valence-corrected chi connectivity index (χ1v) is 6.30. The van der Waals surface area contributed by atoms with Crippen LogP contribution in [0, 0.1) is 5.82 Å². The van der Waals surface area contributed by atoms with Crippen LogP contribution in [0.5, 0.6) is 0 Å². The Hall–Kier alpha value is -0.690. The molecule has 0 heterocycles. The van der Waals surface area contributed by atoms with Gasteiger partial charge in [-0.2, -0.15) is 0 Å². The molecule has 1 unspecified atom stereocenters. The molecular weight excluding hydrogens is 338 g/mol. The number of carbonyl (C=O) groups is 1. The summed E-state index contributed by atoms with van der Waals surface area (Å²) in [5.74, 6) is -0.583. The van der Waals surface area contributed by atoms with Gasteiger partial charge in [0.1, 0.15) is 11.9 Å². The van der Waals surface area contributed by atoms with Crippen molar-refractivity contribution in [3.05, 3.63) is 34.1 Å². The molecule has 0 fully saturated rings. The van der Waals surface area contributed by atoms with E-state index in [9.17, 15) is 9.18 Å². The van der Waals surface area contributed by atoms with Crippen molar-refractivity contribution >= 4 is 34.2 Å². The van der Waals surface area contributed by atoms with Gasteiger partial charge in [-0.1, -0.05) is 15.9 Å². The maximum Gasteiger partial charge on any atom is 0.239 e. The van der Waals surface area contributed by atoms with Crippen molar-refractivity contribution in [3.8, 4) is 0 Å². The Morgan fingerprint density at radius 2 is 2.26 bits per heavy atom. The van der Waals surface area contributed by atoms with Gasteiger partial charge in [0.05, 0.1) is 6.61 Å². The molecule has 1 aromatic carbocycles. The van der Waals surface area contributed by atoms with Crippen LogP contribution in [0.25, 0.3) is 0 Å². The molecule has 19 heavy (non-hydrogen) atoms. The molecule has 0 aliphatic rings. The lowest BCUT2D eigenvalue weighted by atomic mass is 10.1. The molecule has 4 nitrogen and oxygen atoms in total. The number of carbonyl (C=O) groups excluding carboxylic acids is 1. The summed E-state index contributed by atoms with van der Waals surface area (Å²) in [6.45, 7) is 0.501. The van der Waals surface area contributed by atoms with E-state index in [-0.39, 0.29) is 30.7 Å². The minimum atomic E-state index is -0.692. The number of methoxy groups -OCH3 is 1. The molecule has 0 spiro atoms. The Morgan fingerprint density at radius 3 is 2.89 bits per heavy atom. The Bertz CT molecular complexity index is 421. The molecule has 1 amide bonds. The number of rotatable bonds is 6. The second-order valence-electron chi connectivity index (χ2n) is 3.84. The van der Waals surface area contributed by atoms with Gasteiger partial charge in [0, 0.05) is 18.1 Å². The van der Waals surface area contributed by atoms with E-state index >= 15 is 0 Å². The van der Waals surface area contributed by atoms with E-state index in [1.165, 1.54) is 13.2 Å². The Labute approximate surface area is 126 Å². The summed E-state index contributed by atoms with van der Waals surface area (Å²) in [6, 6.07) is 4.02. The van der Waals surface area contributed by atoms with Crippen LogP contribution in [0.4, 0.5) is 4.39 Å². The number of hydrogen-bond acceptors (Lipinski definition) is 3. The molecule has 1 aromatic rings. The van der Waals surface area contributed by atoms with Gasteiger partial charge in [0.25, 0.3) is 0 Å². The SMILES string of the molecule is COCC(N)C(=O)NCCc1cc(Br)ccc1F.Cl. The summed E-state index contributed by atoms with van der Waals surface area (Å²) in [4.78, 5) is 11.5. The van der Waals surface area contributed by atoms with E-state index in [2.05, 4.69) is 21.2 Å². The topological polar surface area (TPSA) is 64.3 Å². The first kappa shape index (κ1) is 18.3. The van der Waals surface area contributed by atoms with Crippen LogP contribution in [0.2, 0.25) is 0 Å². The molecular formula is C12H17BrClFN2O2. The maximum absolute atomic E-state index is 13.4. The molecule has 3 N–H and O–H groups in total. The lowest BCUT2D eigenvalue weighted by molar-refractivity contribution is -0.123. The predicted octanol–water partition coefficient (Wildman–Crippen LogP) is 1.64. The van der Waals surface area contributed by atoms with Crippen molar-refractivity contribution in [2.75, 3.05) is 20.3 Å². The molecule has 1 rings (SSSR count). The lowest BCUT2D eigenvalue weighted by Crippen LogP contribution is -2.44.